The van der Waals surface area contributed by atoms with Gasteiger partial charge in [-0.2, -0.15) is 0 Å². The molecule has 4 nitrogen and oxygen atoms in total. The molecule has 1 aromatic rings. The lowest BCUT2D eigenvalue weighted by molar-refractivity contribution is -0.142. The van der Waals surface area contributed by atoms with Gasteiger partial charge in [0.2, 0.25) is 0 Å². The zero-order chi connectivity index (χ0) is 13.3. The summed E-state index contributed by atoms with van der Waals surface area (Å²) in [7, 11) is 0. The van der Waals surface area contributed by atoms with Crippen LogP contribution in [0.3, 0.4) is 0 Å². The maximum atomic E-state index is 11.1. The van der Waals surface area contributed by atoms with Gasteiger partial charge in [0.15, 0.2) is 0 Å². The zero-order valence-corrected chi connectivity index (χ0v) is 12.0. The van der Waals surface area contributed by atoms with Crippen LogP contribution in [-0.2, 0) is 16.8 Å². The van der Waals surface area contributed by atoms with Crippen LogP contribution in [0.15, 0.2) is 5.38 Å². The first-order valence-electron chi connectivity index (χ1n) is 6.29. The molecule has 2 rings (SSSR count). The molecule has 2 heterocycles. The average molecular weight is 268 g/mol. The highest BCUT2D eigenvalue weighted by molar-refractivity contribution is 7.09. The summed E-state index contributed by atoms with van der Waals surface area (Å²) in [5, 5.41) is 12.2. The molecule has 0 spiro atoms. The van der Waals surface area contributed by atoms with E-state index in [1.807, 2.05) is 4.90 Å². The number of rotatable bonds is 3. The molecule has 1 N–H and O–H groups in total. The van der Waals surface area contributed by atoms with Crippen LogP contribution in [0.1, 0.15) is 44.3 Å². The minimum atomic E-state index is -0.708. The van der Waals surface area contributed by atoms with E-state index in [0.717, 1.165) is 30.1 Å². The molecule has 0 saturated carbocycles. The molecule has 5 heteroatoms. The van der Waals surface area contributed by atoms with Crippen molar-refractivity contribution < 1.29 is 9.90 Å². The molecule has 1 aliphatic heterocycles. The van der Waals surface area contributed by atoms with Crippen molar-refractivity contribution in [3.05, 3.63) is 16.1 Å². The second kappa shape index (κ2) is 4.97. The van der Waals surface area contributed by atoms with Gasteiger partial charge in [0.05, 0.1) is 12.2 Å². The van der Waals surface area contributed by atoms with E-state index in [-0.39, 0.29) is 11.5 Å². The lowest BCUT2D eigenvalue weighted by Crippen LogP contribution is -2.35. The second-order valence-electron chi connectivity index (χ2n) is 5.84. The van der Waals surface area contributed by atoms with Crippen molar-refractivity contribution in [3.8, 4) is 0 Å². The van der Waals surface area contributed by atoms with E-state index in [9.17, 15) is 4.79 Å². The predicted molar refractivity (Wildman–Crippen MR) is 71.9 cm³/mol. The number of likely N-dealkylation sites (tertiary alicyclic amines) is 1. The first-order chi connectivity index (χ1) is 8.38. The Morgan fingerprint density at radius 3 is 2.89 bits per heavy atom. The molecule has 1 aliphatic rings. The molecule has 1 saturated heterocycles. The molecule has 1 fully saturated rings. The molecule has 1 aromatic heterocycles. The highest BCUT2D eigenvalue weighted by Gasteiger charge is 2.31. The quantitative estimate of drug-likeness (QED) is 0.915. The van der Waals surface area contributed by atoms with Crippen LogP contribution in [0.4, 0.5) is 0 Å². The molecule has 0 aromatic carbocycles. The fourth-order valence-electron chi connectivity index (χ4n) is 2.20. The smallest absolute Gasteiger partial charge is 0.320 e. The maximum absolute atomic E-state index is 11.1. The van der Waals surface area contributed by atoms with E-state index in [2.05, 4.69) is 31.1 Å². The van der Waals surface area contributed by atoms with E-state index >= 15 is 0 Å². The van der Waals surface area contributed by atoms with Gasteiger partial charge in [0.25, 0.3) is 0 Å². The lowest BCUT2D eigenvalue weighted by atomic mass is 9.93. The standard InChI is InChI=1S/C13H20N2O2S/c1-13(2,3)10-8-18-11(14-10)7-15-6-4-5-9(15)12(16)17/h8-9H,4-7H2,1-3H3,(H,16,17)/t9-/m0/s1. The topological polar surface area (TPSA) is 53.4 Å². The van der Waals surface area contributed by atoms with E-state index in [0.29, 0.717) is 6.54 Å². The average Bonchev–Trinajstić information content (AvgIpc) is 2.85. The Morgan fingerprint density at radius 1 is 1.61 bits per heavy atom. The zero-order valence-electron chi connectivity index (χ0n) is 11.1. The van der Waals surface area contributed by atoms with Gasteiger partial charge >= 0.3 is 5.97 Å². The van der Waals surface area contributed by atoms with Crippen molar-refractivity contribution in [3.63, 3.8) is 0 Å². The molecule has 0 bridgehead atoms. The summed E-state index contributed by atoms with van der Waals surface area (Å²) < 4.78 is 0. The third kappa shape index (κ3) is 2.90. The Bertz CT molecular complexity index is 436. The van der Waals surface area contributed by atoms with Crippen LogP contribution in [0.25, 0.3) is 0 Å². The number of aliphatic carboxylic acids is 1. The summed E-state index contributed by atoms with van der Waals surface area (Å²) in [5.74, 6) is -0.708. The van der Waals surface area contributed by atoms with Gasteiger partial charge in [-0.1, -0.05) is 20.8 Å². The minimum Gasteiger partial charge on any atom is -0.480 e. The molecule has 0 amide bonds. The number of hydrogen-bond acceptors (Lipinski definition) is 4. The lowest BCUT2D eigenvalue weighted by Gasteiger charge is -2.19. The highest BCUT2D eigenvalue weighted by Crippen LogP contribution is 2.26. The SMILES string of the molecule is CC(C)(C)c1csc(CN2CCC[C@H]2C(=O)O)n1. The molecular weight excluding hydrogens is 248 g/mol. The summed E-state index contributed by atoms with van der Waals surface area (Å²) in [6.07, 6.45) is 1.72. The number of aromatic nitrogens is 1. The molecule has 18 heavy (non-hydrogen) atoms. The molecule has 0 aliphatic carbocycles. The van der Waals surface area contributed by atoms with Crippen LogP contribution in [0, 0.1) is 0 Å². The number of hydrogen-bond donors (Lipinski definition) is 1. The third-order valence-corrected chi connectivity index (χ3v) is 4.14. The number of nitrogens with zero attached hydrogens (tertiary/aromatic N) is 2. The van der Waals surface area contributed by atoms with E-state index in [4.69, 9.17) is 5.11 Å². The number of carboxylic acids is 1. The Hall–Kier alpha value is -0.940. The predicted octanol–water partition coefficient (Wildman–Crippen LogP) is 2.49. The van der Waals surface area contributed by atoms with E-state index < -0.39 is 5.97 Å². The minimum absolute atomic E-state index is 0.0615. The van der Waals surface area contributed by atoms with Gasteiger partial charge < -0.3 is 5.11 Å². The fraction of sp³-hybridized carbons (Fsp3) is 0.692. The van der Waals surface area contributed by atoms with Crippen molar-refractivity contribution in [2.75, 3.05) is 6.54 Å². The van der Waals surface area contributed by atoms with Gasteiger partial charge in [0, 0.05) is 10.8 Å². The third-order valence-electron chi connectivity index (χ3n) is 3.31. The maximum Gasteiger partial charge on any atom is 0.320 e. The van der Waals surface area contributed by atoms with Crippen molar-refractivity contribution in [1.29, 1.82) is 0 Å². The van der Waals surface area contributed by atoms with Crippen LogP contribution < -0.4 is 0 Å². The summed E-state index contributed by atoms with van der Waals surface area (Å²) in [6.45, 7) is 7.95. The van der Waals surface area contributed by atoms with Gasteiger partial charge in [-0.3, -0.25) is 9.69 Å². The first-order valence-corrected chi connectivity index (χ1v) is 7.17. The summed E-state index contributed by atoms with van der Waals surface area (Å²) >= 11 is 1.63. The second-order valence-corrected chi connectivity index (χ2v) is 6.79. The molecule has 0 radical (unpaired) electrons. The first kappa shape index (κ1) is 13.5. The number of carbonyl (C=O) groups is 1. The summed E-state index contributed by atoms with van der Waals surface area (Å²) in [4.78, 5) is 17.8. The monoisotopic (exact) mass is 268 g/mol. The Kier molecular flexibility index (Phi) is 3.73. The van der Waals surface area contributed by atoms with Crippen LogP contribution in [0.2, 0.25) is 0 Å². The van der Waals surface area contributed by atoms with Gasteiger partial charge in [-0.15, -0.1) is 11.3 Å². The Morgan fingerprint density at radius 2 is 2.33 bits per heavy atom. The number of thiazole rings is 1. The largest absolute Gasteiger partial charge is 0.480 e. The van der Waals surface area contributed by atoms with Crippen molar-refractivity contribution in [1.82, 2.24) is 9.88 Å². The van der Waals surface area contributed by atoms with Crippen molar-refractivity contribution in [2.24, 2.45) is 0 Å². The van der Waals surface area contributed by atoms with Crippen molar-refractivity contribution in [2.45, 2.75) is 51.6 Å². The van der Waals surface area contributed by atoms with E-state index in [1.165, 1.54) is 0 Å². The van der Waals surface area contributed by atoms with Gasteiger partial charge in [0.1, 0.15) is 11.0 Å². The summed E-state index contributed by atoms with van der Waals surface area (Å²) in [5.41, 5.74) is 1.15. The number of carboxylic acid groups (broad SMARTS) is 1. The van der Waals surface area contributed by atoms with Gasteiger partial charge in [-0.25, -0.2) is 4.98 Å². The highest BCUT2D eigenvalue weighted by atomic mass is 32.1. The summed E-state index contributed by atoms with van der Waals surface area (Å²) in [6, 6.07) is -0.327. The molecule has 0 unspecified atom stereocenters. The molecule has 100 valence electrons. The van der Waals surface area contributed by atoms with Crippen LogP contribution in [0.5, 0.6) is 0 Å². The molecular formula is C13H20N2O2S. The van der Waals surface area contributed by atoms with Gasteiger partial charge in [-0.05, 0) is 19.4 Å². The normalized spacial score (nSPS) is 21.4. The van der Waals surface area contributed by atoms with Crippen LogP contribution in [-0.4, -0.2) is 33.5 Å². The van der Waals surface area contributed by atoms with Crippen molar-refractivity contribution >= 4 is 17.3 Å². The molecule has 1 atom stereocenters. The Labute approximate surface area is 112 Å². The van der Waals surface area contributed by atoms with Crippen LogP contribution >= 0.6 is 11.3 Å². The fourth-order valence-corrected chi connectivity index (χ4v) is 3.24. The Balaban J connectivity index is 2.05. The van der Waals surface area contributed by atoms with E-state index in [1.54, 1.807) is 11.3 Å².